The summed E-state index contributed by atoms with van der Waals surface area (Å²) in [5.74, 6) is 0.694. The zero-order chi connectivity index (χ0) is 17.5. The van der Waals surface area contributed by atoms with Crippen LogP contribution in [0.15, 0.2) is 49.2 Å². The molecule has 0 bridgehead atoms. The molecule has 0 radical (unpaired) electrons. The first-order valence-corrected chi connectivity index (χ1v) is 8.99. The Morgan fingerprint density at radius 1 is 1.08 bits per heavy atom. The molecular weight excluding hydrogens is 326 g/mol. The molecule has 7 nitrogen and oxygen atoms in total. The van der Waals surface area contributed by atoms with Crippen molar-refractivity contribution in [2.45, 2.75) is 18.9 Å². The number of nitrogens with one attached hydrogen (secondary N) is 1. The van der Waals surface area contributed by atoms with Crippen molar-refractivity contribution in [3.63, 3.8) is 0 Å². The minimum absolute atomic E-state index is 0.447. The highest BCUT2D eigenvalue weighted by Crippen LogP contribution is 2.25. The second-order valence-corrected chi connectivity index (χ2v) is 6.97. The molecule has 0 unspecified atom stereocenters. The Balaban J connectivity index is 1.44. The van der Waals surface area contributed by atoms with Crippen LogP contribution in [0, 0.1) is 0 Å². The molecule has 26 heavy (non-hydrogen) atoms. The van der Waals surface area contributed by atoms with Crippen LogP contribution in [0.4, 0.5) is 5.95 Å². The number of hydrogen-bond donors (Lipinski definition) is 1. The zero-order valence-electron chi connectivity index (χ0n) is 14.7. The molecule has 4 aromatic heterocycles. The normalized spacial score (nSPS) is 16.5. The highest BCUT2D eigenvalue weighted by molar-refractivity contribution is 5.80. The first-order valence-electron chi connectivity index (χ1n) is 8.99. The third kappa shape index (κ3) is 2.70. The SMILES string of the molecule is CN1CCC(Nc2ncc3c(-c4ccc5nccn5c4)ccn3n2)CC1. The Hall–Kier alpha value is -2.93. The third-order valence-corrected chi connectivity index (χ3v) is 5.17. The molecule has 0 amide bonds. The molecule has 1 saturated heterocycles. The van der Waals surface area contributed by atoms with Crippen LogP contribution < -0.4 is 5.32 Å². The summed E-state index contributed by atoms with van der Waals surface area (Å²) in [5, 5.41) is 8.13. The summed E-state index contributed by atoms with van der Waals surface area (Å²) < 4.78 is 3.92. The number of likely N-dealkylation sites (tertiary alicyclic amines) is 1. The maximum absolute atomic E-state index is 4.65. The fourth-order valence-electron chi connectivity index (χ4n) is 3.63. The zero-order valence-corrected chi connectivity index (χ0v) is 14.7. The van der Waals surface area contributed by atoms with E-state index in [2.05, 4.69) is 50.7 Å². The quantitative estimate of drug-likeness (QED) is 0.617. The van der Waals surface area contributed by atoms with Crippen LogP contribution in [0.25, 0.3) is 22.3 Å². The van der Waals surface area contributed by atoms with Crippen LogP contribution in [0.1, 0.15) is 12.8 Å². The van der Waals surface area contributed by atoms with Crippen molar-refractivity contribution in [1.29, 1.82) is 0 Å². The average molecular weight is 347 g/mol. The third-order valence-electron chi connectivity index (χ3n) is 5.17. The van der Waals surface area contributed by atoms with Gasteiger partial charge in [0.2, 0.25) is 5.95 Å². The lowest BCUT2D eigenvalue weighted by atomic mass is 10.1. The number of rotatable bonds is 3. The second-order valence-electron chi connectivity index (χ2n) is 6.97. The number of anilines is 1. The van der Waals surface area contributed by atoms with Gasteiger partial charge in [-0.3, -0.25) is 0 Å². The van der Waals surface area contributed by atoms with Crippen molar-refractivity contribution < 1.29 is 0 Å². The van der Waals surface area contributed by atoms with Gasteiger partial charge < -0.3 is 14.6 Å². The number of nitrogens with zero attached hydrogens (tertiary/aromatic N) is 6. The van der Waals surface area contributed by atoms with Crippen LogP contribution in [0.3, 0.4) is 0 Å². The monoisotopic (exact) mass is 347 g/mol. The Bertz CT molecular complexity index is 1060. The van der Waals surface area contributed by atoms with E-state index in [0.29, 0.717) is 12.0 Å². The fourth-order valence-corrected chi connectivity index (χ4v) is 3.63. The Labute approximate surface area is 151 Å². The summed E-state index contributed by atoms with van der Waals surface area (Å²) in [7, 11) is 2.17. The highest BCUT2D eigenvalue weighted by Gasteiger charge is 2.17. The molecule has 132 valence electrons. The van der Waals surface area contributed by atoms with Gasteiger partial charge in [0.1, 0.15) is 5.65 Å². The van der Waals surface area contributed by atoms with Gasteiger partial charge in [0.25, 0.3) is 0 Å². The van der Waals surface area contributed by atoms with Crippen molar-refractivity contribution in [2.24, 2.45) is 0 Å². The lowest BCUT2D eigenvalue weighted by molar-refractivity contribution is 0.263. The Morgan fingerprint density at radius 3 is 2.85 bits per heavy atom. The molecule has 0 saturated carbocycles. The number of hydrogen-bond acceptors (Lipinski definition) is 5. The molecule has 1 aliphatic heterocycles. The molecule has 5 heterocycles. The van der Waals surface area contributed by atoms with E-state index in [1.807, 2.05) is 33.6 Å². The topological polar surface area (TPSA) is 62.8 Å². The first-order chi connectivity index (χ1) is 12.8. The largest absolute Gasteiger partial charge is 0.350 e. The van der Waals surface area contributed by atoms with Crippen LogP contribution in [-0.2, 0) is 0 Å². The molecule has 0 aromatic carbocycles. The standard InChI is InChI=1S/C19H21N7/c1-24-8-4-15(5-9-24)22-19-21-12-17-16(6-10-26(17)23-19)14-2-3-18-20-7-11-25(18)13-14/h2-3,6-7,10-13,15H,4-5,8-9H2,1H3,(H,22,23). The molecular formula is C19H21N7. The predicted molar refractivity (Wildman–Crippen MR) is 101 cm³/mol. The average Bonchev–Trinajstić information content (AvgIpc) is 3.29. The van der Waals surface area contributed by atoms with Crippen molar-refractivity contribution in [3.05, 3.63) is 49.2 Å². The van der Waals surface area contributed by atoms with Crippen LogP contribution in [0.2, 0.25) is 0 Å². The Kier molecular flexibility index (Phi) is 3.60. The maximum atomic E-state index is 4.65. The summed E-state index contributed by atoms with van der Waals surface area (Å²) in [6.07, 6.45) is 12.0. The van der Waals surface area contributed by atoms with E-state index in [0.717, 1.165) is 48.2 Å². The molecule has 4 aromatic rings. The van der Waals surface area contributed by atoms with Crippen molar-refractivity contribution in [2.75, 3.05) is 25.5 Å². The van der Waals surface area contributed by atoms with E-state index in [-0.39, 0.29) is 0 Å². The van der Waals surface area contributed by atoms with Gasteiger partial charge in [-0.1, -0.05) is 0 Å². The molecule has 1 aliphatic rings. The van der Waals surface area contributed by atoms with Crippen molar-refractivity contribution >= 4 is 17.1 Å². The van der Waals surface area contributed by atoms with Crippen LogP contribution in [0.5, 0.6) is 0 Å². The number of imidazole rings is 1. The lowest BCUT2D eigenvalue weighted by Gasteiger charge is -2.29. The van der Waals surface area contributed by atoms with Gasteiger partial charge >= 0.3 is 0 Å². The molecule has 0 spiro atoms. The molecule has 0 atom stereocenters. The number of aromatic nitrogens is 5. The maximum Gasteiger partial charge on any atom is 0.241 e. The van der Waals surface area contributed by atoms with Gasteiger partial charge in [-0.25, -0.2) is 14.5 Å². The lowest BCUT2D eigenvalue weighted by Crippen LogP contribution is -2.37. The molecule has 1 N–H and O–H groups in total. The minimum Gasteiger partial charge on any atom is -0.350 e. The first kappa shape index (κ1) is 15.3. The van der Waals surface area contributed by atoms with E-state index < -0.39 is 0 Å². The summed E-state index contributed by atoms with van der Waals surface area (Å²) >= 11 is 0. The molecule has 1 fully saturated rings. The minimum atomic E-state index is 0.447. The van der Waals surface area contributed by atoms with E-state index in [1.54, 1.807) is 6.20 Å². The predicted octanol–water partition coefficient (Wildman–Crippen LogP) is 2.55. The van der Waals surface area contributed by atoms with E-state index in [4.69, 9.17) is 0 Å². The molecule has 7 heteroatoms. The van der Waals surface area contributed by atoms with Crippen molar-refractivity contribution in [1.82, 2.24) is 28.9 Å². The Morgan fingerprint density at radius 2 is 1.96 bits per heavy atom. The number of fused-ring (bicyclic) bond motifs is 2. The second kappa shape index (κ2) is 6.10. The summed E-state index contributed by atoms with van der Waals surface area (Å²) in [4.78, 5) is 11.2. The summed E-state index contributed by atoms with van der Waals surface area (Å²) in [5.41, 5.74) is 4.18. The molecule has 0 aliphatic carbocycles. The van der Waals surface area contributed by atoms with Crippen molar-refractivity contribution in [3.8, 4) is 11.1 Å². The summed E-state index contributed by atoms with van der Waals surface area (Å²) in [6.45, 7) is 2.23. The van der Waals surface area contributed by atoms with Gasteiger partial charge in [0.05, 0.1) is 11.7 Å². The van der Waals surface area contributed by atoms with Gasteiger partial charge in [-0.2, -0.15) is 0 Å². The van der Waals surface area contributed by atoms with Gasteiger partial charge in [0, 0.05) is 42.0 Å². The van der Waals surface area contributed by atoms with Crippen LogP contribution >= 0.6 is 0 Å². The fraction of sp³-hybridized carbons (Fsp3) is 0.316. The smallest absolute Gasteiger partial charge is 0.241 e. The molecule has 5 rings (SSSR count). The number of piperidine rings is 1. The van der Waals surface area contributed by atoms with Gasteiger partial charge in [-0.05, 0) is 51.2 Å². The highest BCUT2D eigenvalue weighted by atomic mass is 15.3. The van der Waals surface area contributed by atoms with Gasteiger partial charge in [0.15, 0.2) is 0 Å². The summed E-state index contributed by atoms with van der Waals surface area (Å²) in [6, 6.07) is 6.64. The van der Waals surface area contributed by atoms with E-state index >= 15 is 0 Å². The van der Waals surface area contributed by atoms with E-state index in [1.165, 1.54) is 0 Å². The number of pyridine rings is 1. The van der Waals surface area contributed by atoms with Gasteiger partial charge in [-0.15, -0.1) is 5.10 Å². The van der Waals surface area contributed by atoms with Crippen LogP contribution in [-0.4, -0.2) is 55.1 Å². The van der Waals surface area contributed by atoms with E-state index in [9.17, 15) is 0 Å².